The van der Waals surface area contributed by atoms with Gasteiger partial charge in [0.15, 0.2) is 0 Å². The summed E-state index contributed by atoms with van der Waals surface area (Å²) >= 11 is 0. The summed E-state index contributed by atoms with van der Waals surface area (Å²) < 4.78 is 5.29. The first-order valence-corrected chi connectivity index (χ1v) is 6.40. The lowest BCUT2D eigenvalue weighted by Crippen LogP contribution is -2.28. The lowest BCUT2D eigenvalue weighted by molar-refractivity contribution is -0.137. The molecule has 98 valence electrons. The fourth-order valence-electron chi connectivity index (χ4n) is 2.65. The normalized spacial score (nSPS) is 39.2. The zero-order chi connectivity index (χ0) is 13.3. The molecule has 1 N–H and O–H groups in total. The molecule has 3 atom stereocenters. The second kappa shape index (κ2) is 5.11. The van der Waals surface area contributed by atoms with E-state index < -0.39 is 6.10 Å². The van der Waals surface area contributed by atoms with Gasteiger partial charge in [-0.3, -0.25) is 0 Å². The Labute approximate surface area is 108 Å². The van der Waals surface area contributed by atoms with Crippen molar-refractivity contribution in [3.05, 3.63) is 35.5 Å². The molecule has 1 saturated heterocycles. The zero-order valence-electron chi connectivity index (χ0n) is 11.0. The van der Waals surface area contributed by atoms with Crippen molar-refractivity contribution >= 4 is 5.97 Å². The van der Waals surface area contributed by atoms with Gasteiger partial charge in [0.2, 0.25) is 0 Å². The van der Waals surface area contributed by atoms with Gasteiger partial charge in [-0.15, -0.1) is 0 Å². The third-order valence-electron chi connectivity index (χ3n) is 3.69. The third kappa shape index (κ3) is 2.56. The molecule has 3 nitrogen and oxygen atoms in total. The fraction of sp³-hybridized carbons (Fsp3) is 0.533. The van der Waals surface area contributed by atoms with Crippen molar-refractivity contribution < 1.29 is 14.6 Å². The van der Waals surface area contributed by atoms with E-state index >= 15 is 0 Å². The van der Waals surface area contributed by atoms with Gasteiger partial charge >= 0.3 is 5.97 Å². The number of hydrogen-bond donors (Lipinski definition) is 1. The highest BCUT2D eigenvalue weighted by Gasteiger charge is 2.41. The molecule has 1 aliphatic heterocycles. The Morgan fingerprint density at radius 2 is 2.11 bits per heavy atom. The molecule has 0 aromatic heterocycles. The Morgan fingerprint density at radius 3 is 2.83 bits per heavy atom. The molecule has 0 aromatic carbocycles. The van der Waals surface area contributed by atoms with Crippen LogP contribution >= 0.6 is 0 Å². The first kappa shape index (κ1) is 13.1. The van der Waals surface area contributed by atoms with E-state index in [1.807, 2.05) is 19.9 Å². The first-order valence-electron chi connectivity index (χ1n) is 6.40. The van der Waals surface area contributed by atoms with Gasteiger partial charge in [0, 0.05) is 5.57 Å². The average Bonchev–Trinajstić information content (AvgIpc) is 2.53. The van der Waals surface area contributed by atoms with Gasteiger partial charge < -0.3 is 9.84 Å². The lowest BCUT2D eigenvalue weighted by Gasteiger charge is -2.23. The number of esters is 1. The predicted octanol–water partition coefficient (Wildman–Crippen LogP) is 2.52. The highest BCUT2D eigenvalue weighted by Crippen LogP contribution is 2.34. The van der Waals surface area contributed by atoms with Gasteiger partial charge in [0.1, 0.15) is 6.10 Å². The van der Waals surface area contributed by atoms with Crippen molar-refractivity contribution in [2.45, 2.75) is 45.3 Å². The Hall–Kier alpha value is -1.35. The third-order valence-corrected chi connectivity index (χ3v) is 3.69. The van der Waals surface area contributed by atoms with E-state index in [4.69, 9.17) is 4.74 Å². The van der Waals surface area contributed by atoms with Crippen LogP contribution in [0.5, 0.6) is 0 Å². The Kier molecular flexibility index (Phi) is 3.71. The molecule has 0 radical (unpaired) electrons. The van der Waals surface area contributed by atoms with Crippen LogP contribution in [-0.2, 0) is 9.53 Å². The molecule has 0 saturated carbocycles. The van der Waals surface area contributed by atoms with Crippen LogP contribution in [0.15, 0.2) is 35.5 Å². The molecule has 1 heterocycles. The van der Waals surface area contributed by atoms with Crippen LogP contribution in [0.25, 0.3) is 0 Å². The second-order valence-corrected chi connectivity index (χ2v) is 5.29. The standard InChI is InChI=1S/C15H20O3/c1-9-5-4-6-10(2)8-13-14(12(16)7-9)11(3)15(17)18-13/h5,8,12-14,16H,3-4,6-7H2,1-2H3/b9-5+,10-8+/t12-,13-,14?/m1/s1. The SMILES string of the molecule is C=C1C(=O)O[C@@H]2/C=C(\C)CC/C=C(\C)C[C@@H](O)C12. The number of carbonyl (C=O) groups excluding carboxylic acids is 1. The van der Waals surface area contributed by atoms with Crippen LogP contribution in [0.4, 0.5) is 0 Å². The number of hydrogen-bond acceptors (Lipinski definition) is 3. The quantitative estimate of drug-likeness (QED) is 0.407. The molecule has 3 heteroatoms. The van der Waals surface area contributed by atoms with Gasteiger partial charge in [-0.25, -0.2) is 4.79 Å². The lowest BCUT2D eigenvalue weighted by atomic mass is 9.86. The highest BCUT2D eigenvalue weighted by molar-refractivity contribution is 5.91. The van der Waals surface area contributed by atoms with E-state index in [1.54, 1.807) is 0 Å². The molecule has 0 spiro atoms. The molecular formula is C15H20O3. The maximum Gasteiger partial charge on any atom is 0.334 e. The summed E-state index contributed by atoms with van der Waals surface area (Å²) in [6, 6.07) is 0. The van der Waals surface area contributed by atoms with Crippen LogP contribution < -0.4 is 0 Å². The van der Waals surface area contributed by atoms with E-state index in [0.717, 1.165) is 18.4 Å². The molecule has 1 fully saturated rings. The summed E-state index contributed by atoms with van der Waals surface area (Å²) in [5, 5.41) is 10.3. The van der Waals surface area contributed by atoms with E-state index in [0.29, 0.717) is 12.0 Å². The molecule has 0 aromatic rings. The Bertz CT molecular complexity index is 431. The molecule has 0 bridgehead atoms. The number of carbonyl (C=O) groups is 1. The van der Waals surface area contributed by atoms with Gasteiger partial charge in [0.25, 0.3) is 0 Å². The second-order valence-electron chi connectivity index (χ2n) is 5.29. The number of rotatable bonds is 0. The van der Waals surface area contributed by atoms with E-state index in [-0.39, 0.29) is 18.0 Å². The minimum absolute atomic E-state index is 0.311. The Morgan fingerprint density at radius 1 is 1.39 bits per heavy atom. The van der Waals surface area contributed by atoms with Crippen LogP contribution in [-0.4, -0.2) is 23.3 Å². The van der Waals surface area contributed by atoms with E-state index in [9.17, 15) is 9.90 Å². The summed E-state index contributed by atoms with van der Waals surface area (Å²) in [6.45, 7) is 7.81. The highest BCUT2D eigenvalue weighted by atomic mass is 16.6. The maximum atomic E-state index is 11.6. The smallest absolute Gasteiger partial charge is 0.334 e. The molecule has 2 aliphatic rings. The first-order chi connectivity index (χ1) is 8.49. The van der Waals surface area contributed by atoms with Crippen LogP contribution in [0.1, 0.15) is 33.1 Å². The minimum atomic E-state index is -0.604. The van der Waals surface area contributed by atoms with Crippen molar-refractivity contribution in [3.63, 3.8) is 0 Å². The number of allylic oxidation sites excluding steroid dienone is 2. The monoisotopic (exact) mass is 248 g/mol. The fourth-order valence-corrected chi connectivity index (χ4v) is 2.65. The topological polar surface area (TPSA) is 46.5 Å². The molecule has 0 amide bonds. The number of aliphatic hydroxyl groups is 1. The molecule has 18 heavy (non-hydrogen) atoms. The van der Waals surface area contributed by atoms with Crippen molar-refractivity contribution in [2.75, 3.05) is 0 Å². The summed E-state index contributed by atoms with van der Waals surface area (Å²) in [5.74, 6) is -0.692. The van der Waals surface area contributed by atoms with Crippen LogP contribution in [0.2, 0.25) is 0 Å². The maximum absolute atomic E-state index is 11.6. The summed E-state index contributed by atoms with van der Waals surface area (Å²) in [6.07, 6.45) is 5.65. The van der Waals surface area contributed by atoms with Gasteiger partial charge in [-0.05, 0) is 39.2 Å². The summed E-state index contributed by atoms with van der Waals surface area (Å²) in [5.41, 5.74) is 2.73. The molecule has 2 rings (SSSR count). The summed E-state index contributed by atoms with van der Waals surface area (Å²) in [4.78, 5) is 11.6. The van der Waals surface area contributed by atoms with Crippen molar-refractivity contribution in [1.29, 1.82) is 0 Å². The minimum Gasteiger partial charge on any atom is -0.454 e. The van der Waals surface area contributed by atoms with Crippen molar-refractivity contribution in [1.82, 2.24) is 0 Å². The van der Waals surface area contributed by atoms with Gasteiger partial charge in [-0.2, -0.15) is 0 Å². The summed E-state index contributed by atoms with van der Waals surface area (Å²) in [7, 11) is 0. The molecule has 1 unspecified atom stereocenters. The predicted molar refractivity (Wildman–Crippen MR) is 69.9 cm³/mol. The zero-order valence-corrected chi connectivity index (χ0v) is 11.0. The van der Waals surface area contributed by atoms with Crippen LogP contribution in [0.3, 0.4) is 0 Å². The van der Waals surface area contributed by atoms with E-state index in [1.165, 1.54) is 5.57 Å². The van der Waals surface area contributed by atoms with Crippen molar-refractivity contribution in [3.8, 4) is 0 Å². The van der Waals surface area contributed by atoms with Gasteiger partial charge in [0.05, 0.1) is 12.0 Å². The number of aliphatic hydroxyl groups excluding tert-OH is 1. The number of ether oxygens (including phenoxy) is 1. The van der Waals surface area contributed by atoms with E-state index in [2.05, 4.69) is 12.7 Å². The number of fused-ring (bicyclic) bond motifs is 1. The average molecular weight is 248 g/mol. The Balaban J connectivity index is 2.33. The van der Waals surface area contributed by atoms with Crippen molar-refractivity contribution in [2.24, 2.45) is 5.92 Å². The molecule has 1 aliphatic carbocycles. The largest absolute Gasteiger partial charge is 0.454 e. The van der Waals surface area contributed by atoms with Crippen LogP contribution in [0, 0.1) is 5.92 Å². The molecular weight excluding hydrogens is 228 g/mol. The van der Waals surface area contributed by atoms with Gasteiger partial charge in [-0.1, -0.05) is 23.8 Å².